The maximum absolute atomic E-state index is 5.60. The van der Waals surface area contributed by atoms with Gasteiger partial charge >= 0.3 is 0 Å². The Morgan fingerprint density at radius 2 is 1.89 bits per heavy atom. The molecule has 27 heavy (non-hydrogen) atoms. The minimum Gasteiger partial charge on any atom is -0.493 e. The quantitative estimate of drug-likeness (QED) is 0.222. The summed E-state index contributed by atoms with van der Waals surface area (Å²) in [6.45, 7) is 7.63. The molecule has 1 aromatic rings. The van der Waals surface area contributed by atoms with Crippen LogP contribution < -0.4 is 14.8 Å². The van der Waals surface area contributed by atoms with Gasteiger partial charge in [-0.2, -0.15) is 0 Å². The topological polar surface area (TPSA) is 55.3 Å². The van der Waals surface area contributed by atoms with Crippen molar-refractivity contribution in [2.45, 2.75) is 26.7 Å². The number of halogens is 1. The zero-order valence-electron chi connectivity index (χ0n) is 17.6. The van der Waals surface area contributed by atoms with Gasteiger partial charge in [0.1, 0.15) is 0 Å². The molecule has 0 aliphatic carbocycles. The van der Waals surface area contributed by atoms with Crippen LogP contribution in [-0.2, 0) is 11.2 Å². The lowest BCUT2D eigenvalue weighted by atomic mass is 10.1. The first-order valence-corrected chi connectivity index (χ1v) is 9.22. The highest BCUT2D eigenvalue weighted by Crippen LogP contribution is 2.27. The van der Waals surface area contributed by atoms with Crippen molar-refractivity contribution >= 4 is 29.9 Å². The number of aliphatic imine (C=N–C) groups is 1. The fraction of sp³-hybridized carbons (Fsp3) is 0.650. The van der Waals surface area contributed by atoms with E-state index in [1.807, 2.05) is 26.2 Å². The smallest absolute Gasteiger partial charge is 0.193 e. The van der Waals surface area contributed by atoms with Gasteiger partial charge in [-0.3, -0.25) is 4.99 Å². The van der Waals surface area contributed by atoms with Crippen molar-refractivity contribution < 1.29 is 14.2 Å². The average Bonchev–Trinajstić information content (AvgIpc) is 2.65. The van der Waals surface area contributed by atoms with E-state index in [2.05, 4.69) is 35.1 Å². The van der Waals surface area contributed by atoms with Crippen molar-refractivity contribution in [3.05, 3.63) is 23.8 Å². The molecule has 1 aromatic carbocycles. The number of ether oxygens (including phenoxy) is 3. The Morgan fingerprint density at radius 1 is 1.19 bits per heavy atom. The highest BCUT2D eigenvalue weighted by atomic mass is 127. The van der Waals surface area contributed by atoms with E-state index < -0.39 is 0 Å². The van der Waals surface area contributed by atoms with Crippen molar-refractivity contribution in [1.82, 2.24) is 10.2 Å². The number of rotatable bonds is 11. The number of benzene rings is 1. The minimum atomic E-state index is 0. The van der Waals surface area contributed by atoms with Gasteiger partial charge in [0.05, 0.1) is 14.2 Å². The number of likely N-dealkylation sites (N-methyl/N-ethyl adjacent to an activating group) is 1. The first kappa shape index (κ1) is 25.8. The minimum absolute atomic E-state index is 0. The normalized spacial score (nSPS) is 11.1. The number of hydrogen-bond acceptors (Lipinski definition) is 4. The molecular formula is C20H36IN3O3. The predicted octanol–water partition coefficient (Wildman–Crippen LogP) is 3.43. The molecule has 156 valence electrons. The second-order valence-electron chi connectivity index (χ2n) is 6.66. The van der Waals surface area contributed by atoms with E-state index in [1.54, 1.807) is 14.2 Å². The van der Waals surface area contributed by atoms with Crippen molar-refractivity contribution in [2.75, 3.05) is 54.6 Å². The zero-order valence-corrected chi connectivity index (χ0v) is 19.9. The molecule has 0 saturated heterocycles. The maximum atomic E-state index is 5.60. The second-order valence-corrected chi connectivity index (χ2v) is 6.66. The monoisotopic (exact) mass is 493 g/mol. The van der Waals surface area contributed by atoms with Gasteiger partial charge in [0, 0.05) is 40.4 Å². The summed E-state index contributed by atoms with van der Waals surface area (Å²) >= 11 is 0. The Hall–Kier alpha value is -1.22. The third kappa shape index (κ3) is 10.0. The van der Waals surface area contributed by atoms with Crippen LogP contribution in [0.5, 0.6) is 11.5 Å². The Balaban J connectivity index is 0.00000676. The predicted molar refractivity (Wildman–Crippen MR) is 123 cm³/mol. The third-order valence-electron chi connectivity index (χ3n) is 3.96. The average molecular weight is 493 g/mol. The van der Waals surface area contributed by atoms with E-state index in [-0.39, 0.29) is 24.0 Å². The van der Waals surface area contributed by atoms with Crippen LogP contribution in [0, 0.1) is 5.92 Å². The summed E-state index contributed by atoms with van der Waals surface area (Å²) in [6.07, 6.45) is 1.87. The van der Waals surface area contributed by atoms with E-state index in [9.17, 15) is 0 Å². The van der Waals surface area contributed by atoms with Crippen molar-refractivity contribution in [2.24, 2.45) is 10.9 Å². The first-order chi connectivity index (χ1) is 12.5. The molecule has 6 nitrogen and oxygen atoms in total. The summed E-state index contributed by atoms with van der Waals surface area (Å²) in [5.74, 6) is 2.99. The van der Waals surface area contributed by atoms with Gasteiger partial charge in [0.2, 0.25) is 0 Å². The molecule has 1 rings (SSSR count). The summed E-state index contributed by atoms with van der Waals surface area (Å²) in [5, 5.41) is 3.39. The number of nitrogens with one attached hydrogen (secondary N) is 1. The molecule has 0 bridgehead atoms. The molecular weight excluding hydrogens is 457 g/mol. The van der Waals surface area contributed by atoms with Gasteiger partial charge in [0.15, 0.2) is 17.5 Å². The first-order valence-electron chi connectivity index (χ1n) is 9.22. The number of guanidine groups is 1. The summed E-state index contributed by atoms with van der Waals surface area (Å²) in [5.41, 5.74) is 1.20. The van der Waals surface area contributed by atoms with Gasteiger partial charge in [-0.1, -0.05) is 19.9 Å². The Morgan fingerprint density at radius 3 is 2.48 bits per heavy atom. The number of hydrogen-bond donors (Lipinski definition) is 1. The van der Waals surface area contributed by atoms with Crippen LogP contribution in [0.15, 0.2) is 23.2 Å². The lowest BCUT2D eigenvalue weighted by Crippen LogP contribution is -2.40. The van der Waals surface area contributed by atoms with Crippen LogP contribution in [0.1, 0.15) is 25.8 Å². The highest BCUT2D eigenvalue weighted by molar-refractivity contribution is 14.0. The molecule has 0 aromatic heterocycles. The lowest BCUT2D eigenvalue weighted by molar-refractivity contribution is 0.108. The van der Waals surface area contributed by atoms with Crippen LogP contribution in [0.2, 0.25) is 0 Å². The Labute approximate surface area is 181 Å². The molecule has 0 aliphatic rings. The molecule has 7 heteroatoms. The third-order valence-corrected chi connectivity index (χ3v) is 3.96. The standard InChI is InChI=1S/C20H35N3O3.HI/c1-16(2)15-26-13-7-11-22-20(21-3)23(4)12-10-17-8-9-18(24-5)19(14-17)25-6;/h8-9,14,16H,7,10-13,15H2,1-6H3,(H,21,22);1H. The molecule has 0 unspecified atom stereocenters. The summed E-state index contributed by atoms with van der Waals surface area (Å²) in [7, 11) is 7.16. The fourth-order valence-electron chi connectivity index (χ4n) is 2.52. The van der Waals surface area contributed by atoms with E-state index in [4.69, 9.17) is 14.2 Å². The van der Waals surface area contributed by atoms with Crippen LogP contribution in [-0.4, -0.2) is 65.5 Å². The summed E-state index contributed by atoms with van der Waals surface area (Å²) in [4.78, 5) is 6.48. The molecule has 0 spiro atoms. The van der Waals surface area contributed by atoms with Gasteiger partial charge in [-0.25, -0.2) is 0 Å². The summed E-state index contributed by atoms with van der Waals surface area (Å²) < 4.78 is 16.3. The van der Waals surface area contributed by atoms with E-state index in [0.717, 1.165) is 56.6 Å². The molecule has 0 saturated carbocycles. The van der Waals surface area contributed by atoms with Gasteiger partial charge < -0.3 is 24.4 Å². The van der Waals surface area contributed by atoms with Crippen LogP contribution in [0.4, 0.5) is 0 Å². The molecule has 0 radical (unpaired) electrons. The number of nitrogens with zero attached hydrogens (tertiary/aromatic N) is 2. The molecule has 0 aliphatic heterocycles. The Kier molecular flexibility index (Phi) is 14.1. The van der Waals surface area contributed by atoms with Crippen LogP contribution >= 0.6 is 24.0 Å². The molecule has 0 atom stereocenters. The van der Waals surface area contributed by atoms with Gasteiger partial charge in [-0.15, -0.1) is 24.0 Å². The second kappa shape index (κ2) is 14.8. The molecule has 1 N–H and O–H groups in total. The Bertz CT molecular complexity index is 553. The SMILES string of the molecule is CN=C(NCCCOCC(C)C)N(C)CCc1ccc(OC)c(OC)c1.I. The van der Waals surface area contributed by atoms with Crippen molar-refractivity contribution in [3.8, 4) is 11.5 Å². The van der Waals surface area contributed by atoms with Crippen molar-refractivity contribution in [1.29, 1.82) is 0 Å². The van der Waals surface area contributed by atoms with Crippen LogP contribution in [0.25, 0.3) is 0 Å². The number of methoxy groups -OCH3 is 2. The molecule has 0 fully saturated rings. The van der Waals surface area contributed by atoms with E-state index in [1.165, 1.54) is 5.56 Å². The highest BCUT2D eigenvalue weighted by Gasteiger charge is 2.08. The fourth-order valence-corrected chi connectivity index (χ4v) is 2.52. The zero-order chi connectivity index (χ0) is 19.4. The van der Waals surface area contributed by atoms with Gasteiger partial charge in [0.25, 0.3) is 0 Å². The molecule has 0 heterocycles. The largest absolute Gasteiger partial charge is 0.493 e. The van der Waals surface area contributed by atoms with Gasteiger partial charge in [-0.05, 0) is 36.5 Å². The van der Waals surface area contributed by atoms with Crippen LogP contribution in [0.3, 0.4) is 0 Å². The van der Waals surface area contributed by atoms with E-state index >= 15 is 0 Å². The molecule has 0 amide bonds. The van der Waals surface area contributed by atoms with E-state index in [0.29, 0.717) is 5.92 Å². The summed E-state index contributed by atoms with van der Waals surface area (Å²) in [6, 6.07) is 6.03. The van der Waals surface area contributed by atoms with Crippen molar-refractivity contribution in [3.63, 3.8) is 0 Å². The lowest BCUT2D eigenvalue weighted by Gasteiger charge is -2.22. The maximum Gasteiger partial charge on any atom is 0.193 e.